The Labute approximate surface area is 186 Å². The van der Waals surface area contributed by atoms with Gasteiger partial charge in [0.25, 0.3) is 0 Å². The molecule has 0 aliphatic carbocycles. The molecule has 6 nitrogen and oxygen atoms in total. The lowest BCUT2D eigenvalue weighted by Crippen LogP contribution is -2.41. The lowest BCUT2D eigenvalue weighted by molar-refractivity contribution is -0.135. The summed E-state index contributed by atoms with van der Waals surface area (Å²) >= 11 is 6.14. The van der Waals surface area contributed by atoms with Crippen molar-refractivity contribution < 1.29 is 9.53 Å². The van der Waals surface area contributed by atoms with Gasteiger partial charge >= 0.3 is 0 Å². The molecule has 0 bridgehead atoms. The lowest BCUT2D eigenvalue weighted by Gasteiger charge is -2.28. The molecule has 0 N–H and O–H groups in total. The highest BCUT2D eigenvalue weighted by molar-refractivity contribution is 6.30. The van der Waals surface area contributed by atoms with Crippen LogP contribution < -0.4 is 0 Å². The molecule has 0 spiro atoms. The molecule has 5 rings (SSSR count). The van der Waals surface area contributed by atoms with Crippen molar-refractivity contribution in [3.63, 3.8) is 0 Å². The van der Waals surface area contributed by atoms with Crippen molar-refractivity contribution >= 4 is 23.1 Å². The van der Waals surface area contributed by atoms with E-state index in [0.717, 1.165) is 34.0 Å². The summed E-state index contributed by atoms with van der Waals surface area (Å²) in [7, 11) is 0. The Morgan fingerprint density at radius 3 is 2.61 bits per heavy atom. The Morgan fingerprint density at radius 1 is 1.10 bits per heavy atom. The largest absolute Gasteiger partial charge is 0.378 e. The van der Waals surface area contributed by atoms with E-state index >= 15 is 0 Å². The molecule has 2 aliphatic rings. The fourth-order valence-electron chi connectivity index (χ4n) is 4.34. The number of hydrogen-bond donors (Lipinski definition) is 0. The van der Waals surface area contributed by atoms with E-state index in [1.54, 1.807) is 0 Å². The number of aryl methyl sites for hydroxylation is 1. The van der Waals surface area contributed by atoms with Gasteiger partial charge in [0, 0.05) is 36.0 Å². The fourth-order valence-corrected chi connectivity index (χ4v) is 4.47. The van der Waals surface area contributed by atoms with Crippen LogP contribution in [0.1, 0.15) is 35.1 Å². The molecule has 0 unspecified atom stereocenters. The summed E-state index contributed by atoms with van der Waals surface area (Å²) < 4.78 is 7.48. The van der Waals surface area contributed by atoms with Crippen LogP contribution in [-0.2, 0) is 9.53 Å². The Hall–Kier alpha value is -2.96. The Balaban J connectivity index is 1.63. The van der Waals surface area contributed by atoms with Crippen molar-refractivity contribution in [2.24, 2.45) is 0 Å². The van der Waals surface area contributed by atoms with Gasteiger partial charge in [0.05, 0.1) is 18.9 Å². The molecule has 3 heterocycles. The van der Waals surface area contributed by atoms with Gasteiger partial charge in [0.2, 0.25) is 5.91 Å². The van der Waals surface area contributed by atoms with Crippen molar-refractivity contribution in [1.82, 2.24) is 19.7 Å². The summed E-state index contributed by atoms with van der Waals surface area (Å²) in [5, 5.41) is 9.52. The SMILES string of the molecule is Cc1nnc2n1-c1ccccc1C(c1ccc(Cl)cc1)=C[C@@H]2CC(=O)N1CCOCC1. The van der Waals surface area contributed by atoms with Gasteiger partial charge in [-0.2, -0.15) is 0 Å². The van der Waals surface area contributed by atoms with Crippen molar-refractivity contribution in [2.75, 3.05) is 26.3 Å². The number of benzene rings is 2. The van der Waals surface area contributed by atoms with E-state index in [9.17, 15) is 4.79 Å². The zero-order valence-electron chi connectivity index (χ0n) is 17.3. The highest BCUT2D eigenvalue weighted by Gasteiger charge is 2.30. The monoisotopic (exact) mass is 434 g/mol. The number of halogens is 1. The number of allylic oxidation sites excluding steroid dienone is 1. The van der Waals surface area contributed by atoms with Crippen molar-refractivity contribution in [3.8, 4) is 5.69 Å². The van der Waals surface area contributed by atoms with E-state index in [2.05, 4.69) is 33.0 Å². The predicted molar refractivity (Wildman–Crippen MR) is 119 cm³/mol. The van der Waals surface area contributed by atoms with E-state index in [4.69, 9.17) is 16.3 Å². The summed E-state index contributed by atoms with van der Waals surface area (Å²) in [5.74, 6) is 1.50. The van der Waals surface area contributed by atoms with Gasteiger partial charge in [-0.1, -0.05) is 48.0 Å². The van der Waals surface area contributed by atoms with Gasteiger partial charge in [-0.05, 0) is 36.3 Å². The fraction of sp³-hybridized carbons (Fsp3) is 0.292. The first kappa shape index (κ1) is 20.0. The quantitative estimate of drug-likeness (QED) is 0.625. The van der Waals surface area contributed by atoms with Crippen LogP contribution in [0.5, 0.6) is 0 Å². The minimum Gasteiger partial charge on any atom is -0.378 e. The number of fused-ring (bicyclic) bond motifs is 3. The second-order valence-electron chi connectivity index (χ2n) is 7.85. The molecular weight excluding hydrogens is 412 g/mol. The summed E-state index contributed by atoms with van der Waals surface area (Å²) in [5.41, 5.74) is 4.21. The normalized spacial score (nSPS) is 18.1. The van der Waals surface area contributed by atoms with E-state index in [-0.39, 0.29) is 11.8 Å². The van der Waals surface area contributed by atoms with Crippen LogP contribution in [0.4, 0.5) is 0 Å². The van der Waals surface area contributed by atoms with Gasteiger partial charge in [0.15, 0.2) is 0 Å². The maximum absolute atomic E-state index is 13.1. The Kier molecular flexibility index (Phi) is 5.34. The average molecular weight is 435 g/mol. The molecule has 1 saturated heterocycles. The second-order valence-corrected chi connectivity index (χ2v) is 8.29. The van der Waals surface area contributed by atoms with Crippen LogP contribution in [0.25, 0.3) is 11.3 Å². The number of nitrogens with zero attached hydrogens (tertiary/aromatic N) is 4. The van der Waals surface area contributed by atoms with Crippen LogP contribution in [-0.4, -0.2) is 51.9 Å². The van der Waals surface area contributed by atoms with Crippen molar-refractivity contribution in [1.29, 1.82) is 0 Å². The number of carbonyl (C=O) groups excluding carboxylic acids is 1. The zero-order valence-corrected chi connectivity index (χ0v) is 18.0. The minimum absolute atomic E-state index is 0.109. The van der Waals surface area contributed by atoms with Gasteiger partial charge in [-0.3, -0.25) is 9.36 Å². The molecule has 1 aromatic heterocycles. The molecule has 0 radical (unpaired) electrons. The molecule has 1 amide bonds. The first-order valence-corrected chi connectivity index (χ1v) is 10.8. The van der Waals surface area contributed by atoms with E-state index in [1.807, 2.05) is 48.2 Å². The third kappa shape index (κ3) is 3.77. The van der Waals surface area contributed by atoms with Crippen LogP contribution in [0, 0.1) is 6.92 Å². The molecule has 2 aliphatic heterocycles. The second kappa shape index (κ2) is 8.29. The smallest absolute Gasteiger partial charge is 0.223 e. The number of hydrogen-bond acceptors (Lipinski definition) is 4. The summed E-state index contributed by atoms with van der Waals surface area (Å²) in [6.45, 7) is 4.38. The molecule has 7 heteroatoms. The summed E-state index contributed by atoms with van der Waals surface area (Å²) in [6.07, 6.45) is 2.50. The van der Waals surface area contributed by atoms with Crippen LogP contribution >= 0.6 is 11.6 Å². The van der Waals surface area contributed by atoms with Crippen LogP contribution in [0.15, 0.2) is 54.6 Å². The number of ether oxygens (including phenoxy) is 1. The van der Waals surface area contributed by atoms with Crippen LogP contribution in [0.3, 0.4) is 0 Å². The lowest BCUT2D eigenvalue weighted by atomic mass is 9.92. The van der Waals surface area contributed by atoms with Crippen molar-refractivity contribution in [3.05, 3.63) is 82.4 Å². The molecule has 3 aromatic rings. The summed E-state index contributed by atoms with van der Waals surface area (Å²) in [4.78, 5) is 15.0. The summed E-state index contributed by atoms with van der Waals surface area (Å²) in [6, 6.07) is 16.0. The van der Waals surface area contributed by atoms with E-state index < -0.39 is 0 Å². The number of rotatable bonds is 3. The van der Waals surface area contributed by atoms with Gasteiger partial charge in [0.1, 0.15) is 11.6 Å². The Morgan fingerprint density at radius 2 is 1.84 bits per heavy atom. The molecule has 31 heavy (non-hydrogen) atoms. The zero-order chi connectivity index (χ0) is 21.4. The highest BCUT2D eigenvalue weighted by atomic mass is 35.5. The topological polar surface area (TPSA) is 60.2 Å². The minimum atomic E-state index is -0.199. The third-order valence-corrected chi connectivity index (χ3v) is 6.15. The van der Waals surface area contributed by atoms with Gasteiger partial charge in [-0.25, -0.2) is 0 Å². The molecule has 1 atom stereocenters. The number of carbonyl (C=O) groups is 1. The number of amides is 1. The predicted octanol–water partition coefficient (Wildman–Crippen LogP) is 4.01. The van der Waals surface area contributed by atoms with E-state index in [1.165, 1.54) is 0 Å². The van der Waals surface area contributed by atoms with Gasteiger partial charge in [-0.15, -0.1) is 10.2 Å². The number of aromatic nitrogens is 3. The van der Waals surface area contributed by atoms with E-state index in [0.29, 0.717) is 37.7 Å². The standard InChI is InChI=1S/C24H23ClN4O2/c1-16-26-27-24-18(15-23(30)28-10-12-31-13-11-28)14-21(17-6-8-19(25)9-7-17)20-4-2-3-5-22(20)29(16)24/h2-9,14,18H,10-13,15H2,1H3/t18-/m1/s1. The molecular formula is C24H23ClN4O2. The molecule has 2 aromatic carbocycles. The van der Waals surface area contributed by atoms with Crippen molar-refractivity contribution in [2.45, 2.75) is 19.3 Å². The first-order chi connectivity index (χ1) is 15.1. The number of morpholine rings is 1. The third-order valence-electron chi connectivity index (χ3n) is 5.90. The average Bonchev–Trinajstić information content (AvgIpc) is 3.12. The molecule has 158 valence electrons. The molecule has 1 fully saturated rings. The molecule has 0 saturated carbocycles. The van der Waals surface area contributed by atoms with Gasteiger partial charge < -0.3 is 9.64 Å². The first-order valence-electron chi connectivity index (χ1n) is 10.5. The van der Waals surface area contributed by atoms with Crippen LogP contribution in [0.2, 0.25) is 5.02 Å². The maximum atomic E-state index is 13.1. The maximum Gasteiger partial charge on any atom is 0.223 e. The highest BCUT2D eigenvalue weighted by Crippen LogP contribution is 2.38. The number of para-hydroxylation sites is 1. The Bertz CT molecular complexity index is 1150.